The summed E-state index contributed by atoms with van der Waals surface area (Å²) in [6.45, 7) is 1.16. The van der Waals surface area contributed by atoms with Crippen molar-refractivity contribution in [1.82, 2.24) is 4.90 Å². The SMILES string of the molecule is O=C1C[C@H](O)CN1[C@H]1CCCC[C@H]1OCCc1ccccc1. The molecule has 4 heteroatoms. The van der Waals surface area contributed by atoms with Crippen LogP contribution in [0.2, 0.25) is 0 Å². The zero-order valence-electron chi connectivity index (χ0n) is 13.0. The molecule has 1 aromatic rings. The van der Waals surface area contributed by atoms with Crippen LogP contribution in [0.4, 0.5) is 0 Å². The molecule has 1 aliphatic heterocycles. The van der Waals surface area contributed by atoms with E-state index in [4.69, 9.17) is 4.74 Å². The molecule has 1 heterocycles. The molecule has 0 bridgehead atoms. The van der Waals surface area contributed by atoms with Crippen LogP contribution in [0.3, 0.4) is 0 Å². The fraction of sp³-hybridized carbons (Fsp3) is 0.611. The standard InChI is InChI=1S/C18H25NO3/c20-15-12-18(21)19(13-15)16-8-4-5-9-17(16)22-11-10-14-6-2-1-3-7-14/h1-3,6-7,15-17,20H,4-5,8-13H2/t15-,16-,17+/m0/s1. The Hall–Kier alpha value is -1.39. The summed E-state index contributed by atoms with van der Waals surface area (Å²) < 4.78 is 6.12. The van der Waals surface area contributed by atoms with Gasteiger partial charge >= 0.3 is 0 Å². The molecule has 0 unspecified atom stereocenters. The molecule has 2 fully saturated rings. The summed E-state index contributed by atoms with van der Waals surface area (Å²) in [5.74, 6) is 0.0797. The van der Waals surface area contributed by atoms with Gasteiger partial charge < -0.3 is 14.7 Å². The monoisotopic (exact) mass is 303 g/mol. The van der Waals surface area contributed by atoms with Crippen molar-refractivity contribution in [2.24, 2.45) is 0 Å². The smallest absolute Gasteiger partial charge is 0.225 e. The van der Waals surface area contributed by atoms with Gasteiger partial charge in [-0.05, 0) is 24.8 Å². The van der Waals surface area contributed by atoms with Gasteiger partial charge in [0.15, 0.2) is 0 Å². The Morgan fingerprint density at radius 2 is 1.95 bits per heavy atom. The van der Waals surface area contributed by atoms with Gasteiger partial charge in [-0.25, -0.2) is 0 Å². The van der Waals surface area contributed by atoms with E-state index in [0.717, 1.165) is 32.1 Å². The molecule has 3 rings (SSSR count). The zero-order chi connectivity index (χ0) is 15.4. The van der Waals surface area contributed by atoms with Gasteiger partial charge in [0.25, 0.3) is 0 Å². The molecule has 0 aromatic heterocycles. The van der Waals surface area contributed by atoms with Crippen LogP contribution >= 0.6 is 0 Å². The van der Waals surface area contributed by atoms with Crippen molar-refractivity contribution in [3.05, 3.63) is 35.9 Å². The van der Waals surface area contributed by atoms with Crippen molar-refractivity contribution in [3.63, 3.8) is 0 Å². The minimum atomic E-state index is -0.501. The summed E-state index contributed by atoms with van der Waals surface area (Å²) in [5, 5.41) is 9.71. The lowest BCUT2D eigenvalue weighted by Gasteiger charge is -2.37. The van der Waals surface area contributed by atoms with Crippen LogP contribution < -0.4 is 0 Å². The van der Waals surface area contributed by atoms with E-state index in [1.165, 1.54) is 5.56 Å². The number of hydrogen-bond donors (Lipinski definition) is 1. The van der Waals surface area contributed by atoms with Crippen LogP contribution in [-0.2, 0) is 16.0 Å². The van der Waals surface area contributed by atoms with Crippen LogP contribution in [0.5, 0.6) is 0 Å². The molecule has 2 aliphatic rings. The topological polar surface area (TPSA) is 49.8 Å². The summed E-state index contributed by atoms with van der Waals surface area (Å²) in [6.07, 6.45) is 5.10. The van der Waals surface area contributed by atoms with E-state index in [9.17, 15) is 9.90 Å². The number of carbonyl (C=O) groups excluding carboxylic acids is 1. The van der Waals surface area contributed by atoms with Gasteiger partial charge in [-0.3, -0.25) is 4.79 Å². The molecule has 1 amide bonds. The second-order valence-electron chi connectivity index (χ2n) is 6.40. The largest absolute Gasteiger partial charge is 0.391 e. The summed E-state index contributed by atoms with van der Waals surface area (Å²) in [4.78, 5) is 13.9. The molecule has 3 atom stereocenters. The predicted octanol–water partition coefficient (Wildman–Crippen LogP) is 2.15. The van der Waals surface area contributed by atoms with Crippen LogP contribution in [0.1, 0.15) is 37.7 Å². The quantitative estimate of drug-likeness (QED) is 0.907. The fourth-order valence-electron chi connectivity index (χ4n) is 3.63. The first kappa shape index (κ1) is 15.5. The molecule has 120 valence electrons. The average Bonchev–Trinajstić information content (AvgIpc) is 2.87. The van der Waals surface area contributed by atoms with Crippen molar-refractivity contribution in [2.45, 2.75) is 56.8 Å². The number of β-amino-alcohol motifs (C(OH)–C–C–N with tert-alkyl or cyclic N) is 1. The Morgan fingerprint density at radius 3 is 2.68 bits per heavy atom. The molecule has 1 saturated carbocycles. The molecule has 1 aromatic carbocycles. The minimum Gasteiger partial charge on any atom is -0.391 e. The number of benzene rings is 1. The van der Waals surface area contributed by atoms with Gasteiger partial charge in [-0.15, -0.1) is 0 Å². The van der Waals surface area contributed by atoms with Gasteiger partial charge in [0, 0.05) is 6.54 Å². The number of likely N-dealkylation sites (tertiary alicyclic amines) is 1. The molecule has 1 saturated heterocycles. The molecule has 22 heavy (non-hydrogen) atoms. The van der Waals surface area contributed by atoms with Crippen molar-refractivity contribution in [1.29, 1.82) is 0 Å². The lowest BCUT2D eigenvalue weighted by Crippen LogP contribution is -2.47. The van der Waals surface area contributed by atoms with Gasteiger partial charge in [0.1, 0.15) is 0 Å². The second kappa shape index (κ2) is 7.25. The first-order chi connectivity index (χ1) is 10.7. The van der Waals surface area contributed by atoms with Crippen molar-refractivity contribution in [3.8, 4) is 0 Å². The maximum atomic E-state index is 12.0. The summed E-state index contributed by atoms with van der Waals surface area (Å²) in [6, 6.07) is 10.5. The highest BCUT2D eigenvalue weighted by Gasteiger charge is 2.38. The van der Waals surface area contributed by atoms with Crippen molar-refractivity contribution < 1.29 is 14.6 Å². The Kier molecular flexibility index (Phi) is 5.11. The van der Waals surface area contributed by atoms with Crippen LogP contribution in [0.15, 0.2) is 30.3 Å². The number of nitrogens with zero attached hydrogens (tertiary/aromatic N) is 1. The third-order valence-corrected chi connectivity index (χ3v) is 4.77. The summed E-state index contributed by atoms with van der Waals surface area (Å²) in [7, 11) is 0. The van der Waals surface area contributed by atoms with E-state index in [1.54, 1.807) is 0 Å². The molecule has 4 nitrogen and oxygen atoms in total. The van der Waals surface area contributed by atoms with Gasteiger partial charge in [-0.1, -0.05) is 43.2 Å². The van der Waals surface area contributed by atoms with E-state index in [0.29, 0.717) is 13.2 Å². The molecular weight excluding hydrogens is 278 g/mol. The molecule has 1 N–H and O–H groups in total. The number of rotatable bonds is 5. The fourth-order valence-corrected chi connectivity index (χ4v) is 3.63. The third kappa shape index (κ3) is 3.68. The van der Waals surface area contributed by atoms with Crippen LogP contribution in [0.25, 0.3) is 0 Å². The van der Waals surface area contributed by atoms with Crippen LogP contribution in [0, 0.1) is 0 Å². The van der Waals surface area contributed by atoms with Gasteiger partial charge in [0.2, 0.25) is 5.91 Å². The van der Waals surface area contributed by atoms with Gasteiger partial charge in [-0.2, -0.15) is 0 Å². The third-order valence-electron chi connectivity index (χ3n) is 4.77. The van der Waals surface area contributed by atoms with Gasteiger partial charge in [0.05, 0.1) is 31.3 Å². The molecule has 0 radical (unpaired) electrons. The van der Waals surface area contributed by atoms with E-state index in [-0.39, 0.29) is 24.5 Å². The number of hydrogen-bond acceptors (Lipinski definition) is 3. The number of aliphatic hydroxyl groups excluding tert-OH is 1. The maximum Gasteiger partial charge on any atom is 0.225 e. The highest BCUT2D eigenvalue weighted by atomic mass is 16.5. The average molecular weight is 303 g/mol. The number of amides is 1. The zero-order valence-corrected chi connectivity index (χ0v) is 13.0. The first-order valence-corrected chi connectivity index (χ1v) is 8.37. The molecule has 1 aliphatic carbocycles. The van der Waals surface area contributed by atoms with E-state index in [1.807, 2.05) is 23.1 Å². The summed E-state index contributed by atoms with van der Waals surface area (Å²) in [5.41, 5.74) is 1.28. The molecular formula is C18H25NO3. The van der Waals surface area contributed by atoms with E-state index in [2.05, 4.69) is 12.1 Å². The predicted molar refractivity (Wildman–Crippen MR) is 84.5 cm³/mol. The Labute approximate surface area is 132 Å². The Morgan fingerprint density at radius 1 is 1.18 bits per heavy atom. The van der Waals surface area contributed by atoms with E-state index < -0.39 is 6.10 Å². The maximum absolute atomic E-state index is 12.0. The minimum absolute atomic E-state index is 0.0797. The van der Waals surface area contributed by atoms with E-state index >= 15 is 0 Å². The lowest BCUT2D eigenvalue weighted by molar-refractivity contribution is -0.134. The second-order valence-corrected chi connectivity index (χ2v) is 6.40. The summed E-state index contributed by atoms with van der Waals surface area (Å²) >= 11 is 0. The number of ether oxygens (including phenoxy) is 1. The Bertz CT molecular complexity index is 490. The first-order valence-electron chi connectivity index (χ1n) is 8.37. The van der Waals surface area contributed by atoms with Crippen molar-refractivity contribution >= 4 is 5.91 Å². The highest BCUT2D eigenvalue weighted by Crippen LogP contribution is 2.29. The lowest BCUT2D eigenvalue weighted by atomic mass is 9.91. The normalized spacial score (nSPS) is 29.0. The molecule has 0 spiro atoms. The number of aliphatic hydroxyl groups is 1. The Balaban J connectivity index is 1.55. The van der Waals surface area contributed by atoms with Crippen molar-refractivity contribution in [2.75, 3.05) is 13.2 Å². The van der Waals surface area contributed by atoms with Crippen LogP contribution in [-0.4, -0.2) is 47.3 Å². The number of carbonyl (C=O) groups is 1. The highest BCUT2D eigenvalue weighted by molar-refractivity contribution is 5.79.